The summed E-state index contributed by atoms with van der Waals surface area (Å²) in [5.74, 6) is 1.34. The van der Waals surface area contributed by atoms with E-state index in [1.54, 1.807) is 6.07 Å². The van der Waals surface area contributed by atoms with Crippen LogP contribution in [0.3, 0.4) is 0 Å². The maximum Gasteiger partial charge on any atom is 0.124 e. The number of nitrogens with zero attached hydrogens (tertiary/aromatic N) is 4. The number of hydrogen-bond acceptors (Lipinski definition) is 5. The number of phenolic OH excluding ortho intramolecular Hbond substituents is 1. The molecule has 1 saturated heterocycles. The molecule has 0 bridgehead atoms. The number of rotatable bonds is 6. The Morgan fingerprint density at radius 1 is 0.852 bits per heavy atom. The highest BCUT2D eigenvalue weighted by Crippen LogP contribution is 2.23. The summed E-state index contributed by atoms with van der Waals surface area (Å²) >= 11 is 0. The van der Waals surface area contributed by atoms with Gasteiger partial charge in [0.25, 0.3) is 0 Å². The second-order valence-electron chi connectivity index (χ2n) is 7.07. The van der Waals surface area contributed by atoms with Gasteiger partial charge in [0.15, 0.2) is 0 Å². The van der Waals surface area contributed by atoms with E-state index in [0.29, 0.717) is 12.3 Å². The van der Waals surface area contributed by atoms with Gasteiger partial charge in [-0.3, -0.25) is 9.80 Å². The Kier molecular flexibility index (Phi) is 5.38. The molecule has 0 unspecified atom stereocenters. The van der Waals surface area contributed by atoms with Crippen LogP contribution >= 0.6 is 0 Å². The summed E-state index contributed by atoms with van der Waals surface area (Å²) in [4.78, 5) is 9.58. The van der Waals surface area contributed by atoms with Crippen molar-refractivity contribution in [2.45, 2.75) is 13.1 Å². The Balaban J connectivity index is 1.58. The summed E-state index contributed by atoms with van der Waals surface area (Å²) in [6, 6.07) is 15.7. The minimum atomic E-state index is 0.219. The topological polar surface area (TPSA) is 64.8 Å². The molecule has 1 aliphatic rings. The van der Waals surface area contributed by atoms with Crippen molar-refractivity contribution in [3.63, 3.8) is 0 Å². The van der Waals surface area contributed by atoms with Crippen LogP contribution < -0.4 is 0 Å². The van der Waals surface area contributed by atoms with Crippen LogP contribution in [0.15, 0.2) is 48.5 Å². The molecule has 0 atom stereocenters. The van der Waals surface area contributed by atoms with Crippen molar-refractivity contribution in [1.82, 2.24) is 19.4 Å². The van der Waals surface area contributed by atoms with Crippen molar-refractivity contribution in [3.8, 4) is 5.75 Å². The lowest BCUT2D eigenvalue weighted by atomic mass is 10.2. The molecule has 6 heteroatoms. The molecule has 0 saturated carbocycles. The smallest absolute Gasteiger partial charge is 0.124 e. The Morgan fingerprint density at radius 3 is 2.33 bits per heavy atom. The third-order valence-corrected chi connectivity index (χ3v) is 5.30. The minimum absolute atomic E-state index is 0.219. The number of aliphatic hydroxyl groups is 1. The monoisotopic (exact) mass is 366 g/mol. The first kappa shape index (κ1) is 18.0. The summed E-state index contributed by atoms with van der Waals surface area (Å²) in [5, 5.41) is 19.3. The van der Waals surface area contributed by atoms with Crippen LogP contribution in [0.25, 0.3) is 11.0 Å². The fourth-order valence-corrected chi connectivity index (χ4v) is 3.75. The van der Waals surface area contributed by atoms with E-state index in [0.717, 1.165) is 61.7 Å². The third kappa shape index (κ3) is 3.98. The standard InChI is InChI=1S/C21H26N4O2/c26-14-13-23-9-11-24(12-10-23)16-21-22-18-6-2-3-7-19(18)25(21)15-17-5-1-4-8-20(17)27/h1-8,26-27H,9-16H2. The van der Waals surface area contributed by atoms with E-state index >= 15 is 0 Å². The van der Waals surface area contributed by atoms with Gasteiger partial charge in [-0.15, -0.1) is 0 Å². The SMILES string of the molecule is OCCN1CCN(Cc2nc3ccccc3n2Cc2ccccc2O)CC1. The van der Waals surface area contributed by atoms with Crippen molar-refractivity contribution in [2.24, 2.45) is 0 Å². The molecule has 2 heterocycles. The van der Waals surface area contributed by atoms with Gasteiger partial charge in [0, 0.05) is 38.3 Å². The molecule has 3 aromatic rings. The molecule has 2 N–H and O–H groups in total. The number of phenols is 1. The summed E-state index contributed by atoms with van der Waals surface area (Å²) in [5.41, 5.74) is 2.98. The number of imidazole rings is 1. The first-order chi connectivity index (χ1) is 13.2. The number of fused-ring (bicyclic) bond motifs is 1. The molecule has 0 radical (unpaired) electrons. The van der Waals surface area contributed by atoms with Gasteiger partial charge in [-0.1, -0.05) is 30.3 Å². The summed E-state index contributed by atoms with van der Waals surface area (Å²) < 4.78 is 2.21. The number of aromatic nitrogens is 2. The first-order valence-corrected chi connectivity index (χ1v) is 9.51. The zero-order valence-electron chi connectivity index (χ0n) is 15.5. The molecule has 27 heavy (non-hydrogen) atoms. The highest BCUT2D eigenvalue weighted by Gasteiger charge is 2.20. The van der Waals surface area contributed by atoms with Gasteiger partial charge < -0.3 is 14.8 Å². The molecule has 0 spiro atoms. The lowest BCUT2D eigenvalue weighted by molar-refractivity contribution is 0.106. The molecule has 142 valence electrons. The molecular formula is C21H26N4O2. The Hall–Kier alpha value is -2.41. The van der Waals surface area contributed by atoms with Gasteiger partial charge >= 0.3 is 0 Å². The van der Waals surface area contributed by atoms with E-state index in [1.165, 1.54) is 0 Å². The van der Waals surface area contributed by atoms with Crippen LogP contribution in [0, 0.1) is 0 Å². The molecule has 0 aliphatic carbocycles. The van der Waals surface area contributed by atoms with Crippen molar-refractivity contribution >= 4 is 11.0 Å². The Bertz CT molecular complexity index is 900. The van der Waals surface area contributed by atoms with Gasteiger partial charge in [0.05, 0.1) is 30.7 Å². The number of aliphatic hydroxyl groups excluding tert-OH is 1. The van der Waals surface area contributed by atoms with Crippen LogP contribution in [0.4, 0.5) is 0 Å². The Labute approximate surface area is 159 Å². The number of aromatic hydroxyl groups is 1. The minimum Gasteiger partial charge on any atom is -0.508 e. The van der Waals surface area contributed by atoms with E-state index in [4.69, 9.17) is 10.1 Å². The fraction of sp³-hybridized carbons (Fsp3) is 0.381. The molecule has 6 nitrogen and oxygen atoms in total. The van der Waals surface area contributed by atoms with Crippen LogP contribution in [0.1, 0.15) is 11.4 Å². The lowest BCUT2D eigenvalue weighted by Gasteiger charge is -2.34. The summed E-state index contributed by atoms with van der Waals surface area (Å²) in [7, 11) is 0. The third-order valence-electron chi connectivity index (χ3n) is 5.30. The number of para-hydroxylation sites is 3. The number of benzene rings is 2. The Morgan fingerprint density at radius 2 is 1.56 bits per heavy atom. The number of piperazine rings is 1. The average molecular weight is 366 g/mol. The predicted octanol–water partition coefficient (Wildman–Crippen LogP) is 1.90. The van der Waals surface area contributed by atoms with Gasteiger partial charge in [0.2, 0.25) is 0 Å². The molecule has 1 fully saturated rings. The molecule has 1 aromatic heterocycles. The number of hydrogen-bond donors (Lipinski definition) is 2. The van der Waals surface area contributed by atoms with Gasteiger partial charge in [0.1, 0.15) is 11.6 Å². The van der Waals surface area contributed by atoms with E-state index < -0.39 is 0 Å². The largest absolute Gasteiger partial charge is 0.508 e. The van der Waals surface area contributed by atoms with E-state index in [2.05, 4.69) is 20.4 Å². The van der Waals surface area contributed by atoms with E-state index in [1.807, 2.05) is 36.4 Å². The molecule has 2 aromatic carbocycles. The van der Waals surface area contributed by atoms with Crippen LogP contribution in [-0.4, -0.2) is 68.9 Å². The van der Waals surface area contributed by atoms with Gasteiger partial charge in [-0.25, -0.2) is 4.98 Å². The van der Waals surface area contributed by atoms with Crippen molar-refractivity contribution in [3.05, 3.63) is 59.9 Å². The zero-order chi connectivity index (χ0) is 18.6. The van der Waals surface area contributed by atoms with Crippen molar-refractivity contribution < 1.29 is 10.2 Å². The molecule has 0 amide bonds. The molecule has 1 aliphatic heterocycles. The zero-order valence-corrected chi connectivity index (χ0v) is 15.5. The molecular weight excluding hydrogens is 340 g/mol. The quantitative estimate of drug-likeness (QED) is 0.698. The van der Waals surface area contributed by atoms with Crippen molar-refractivity contribution in [2.75, 3.05) is 39.3 Å². The second kappa shape index (κ2) is 8.08. The highest BCUT2D eigenvalue weighted by atomic mass is 16.3. The van der Waals surface area contributed by atoms with E-state index in [9.17, 15) is 5.11 Å². The maximum atomic E-state index is 10.2. The lowest BCUT2D eigenvalue weighted by Crippen LogP contribution is -2.46. The van der Waals surface area contributed by atoms with Crippen LogP contribution in [0.5, 0.6) is 5.75 Å². The maximum absolute atomic E-state index is 10.2. The summed E-state index contributed by atoms with van der Waals surface area (Å²) in [6.07, 6.45) is 0. The van der Waals surface area contributed by atoms with Gasteiger partial charge in [-0.2, -0.15) is 0 Å². The second-order valence-corrected chi connectivity index (χ2v) is 7.07. The predicted molar refractivity (Wildman–Crippen MR) is 106 cm³/mol. The highest BCUT2D eigenvalue weighted by molar-refractivity contribution is 5.76. The van der Waals surface area contributed by atoms with Gasteiger partial charge in [-0.05, 0) is 18.2 Å². The van der Waals surface area contributed by atoms with Crippen molar-refractivity contribution in [1.29, 1.82) is 0 Å². The summed E-state index contributed by atoms with van der Waals surface area (Å²) in [6.45, 7) is 6.25. The van der Waals surface area contributed by atoms with Crippen LogP contribution in [0.2, 0.25) is 0 Å². The first-order valence-electron chi connectivity index (χ1n) is 9.51. The number of β-amino-alcohol motifs (C(OH)–C–C–N with tert-alkyl or cyclic N) is 1. The average Bonchev–Trinajstić information content (AvgIpc) is 3.03. The fourth-order valence-electron chi connectivity index (χ4n) is 3.75. The van der Waals surface area contributed by atoms with E-state index in [-0.39, 0.29) is 6.61 Å². The normalized spacial score (nSPS) is 16.2. The molecule has 4 rings (SSSR count). The van der Waals surface area contributed by atoms with Crippen LogP contribution in [-0.2, 0) is 13.1 Å².